The van der Waals surface area contributed by atoms with Crippen molar-refractivity contribution >= 4 is 11.6 Å². The molecule has 1 aliphatic heterocycles. The van der Waals surface area contributed by atoms with Crippen LogP contribution in [0.1, 0.15) is 37.8 Å². The van der Waals surface area contributed by atoms with E-state index in [1.54, 1.807) is 18.1 Å². The van der Waals surface area contributed by atoms with Crippen LogP contribution in [0.25, 0.3) is 0 Å². The Balaban J connectivity index is 2.26. The van der Waals surface area contributed by atoms with E-state index in [-0.39, 0.29) is 23.8 Å². The molecule has 154 valence electrons. The summed E-state index contributed by atoms with van der Waals surface area (Å²) in [7, 11) is 1.54. The Kier molecular flexibility index (Phi) is 7.30. The van der Waals surface area contributed by atoms with E-state index in [2.05, 4.69) is 5.32 Å². The van der Waals surface area contributed by atoms with E-state index in [0.29, 0.717) is 25.4 Å². The first-order valence-electron chi connectivity index (χ1n) is 9.40. The van der Waals surface area contributed by atoms with Gasteiger partial charge in [-0.25, -0.2) is 0 Å². The van der Waals surface area contributed by atoms with E-state index in [1.165, 1.54) is 12.1 Å². The molecule has 5 nitrogen and oxygen atoms in total. The van der Waals surface area contributed by atoms with Gasteiger partial charge in [0, 0.05) is 37.8 Å². The Labute approximate surface area is 163 Å². The SMILES string of the molecule is CCC(CC)NC(=O)[C@H]1CN(c2ccc(C#N)c(C(F)(F)F)c2)C[C@@H]1COC. The summed E-state index contributed by atoms with van der Waals surface area (Å²) in [6.45, 7) is 5.07. The first-order chi connectivity index (χ1) is 13.2. The highest BCUT2D eigenvalue weighted by Crippen LogP contribution is 2.36. The molecule has 1 aromatic rings. The average Bonchev–Trinajstić information content (AvgIpc) is 3.09. The van der Waals surface area contributed by atoms with Gasteiger partial charge in [-0.2, -0.15) is 18.4 Å². The molecule has 1 amide bonds. The maximum absolute atomic E-state index is 13.3. The Morgan fingerprint density at radius 1 is 1.36 bits per heavy atom. The van der Waals surface area contributed by atoms with Gasteiger partial charge >= 0.3 is 6.18 Å². The highest BCUT2D eigenvalue weighted by molar-refractivity contribution is 5.81. The third-order valence-electron chi connectivity index (χ3n) is 5.28. The Morgan fingerprint density at radius 2 is 2.04 bits per heavy atom. The zero-order chi connectivity index (χ0) is 20.9. The summed E-state index contributed by atoms with van der Waals surface area (Å²) in [5.41, 5.74) is -1.02. The van der Waals surface area contributed by atoms with Crippen molar-refractivity contribution in [1.82, 2.24) is 5.32 Å². The quantitative estimate of drug-likeness (QED) is 0.764. The molecule has 1 heterocycles. The smallest absolute Gasteiger partial charge is 0.384 e. The van der Waals surface area contributed by atoms with Crippen LogP contribution in [-0.4, -0.2) is 38.8 Å². The molecule has 0 spiro atoms. The minimum absolute atomic E-state index is 0.0801. The molecule has 0 bridgehead atoms. The summed E-state index contributed by atoms with van der Waals surface area (Å²) in [4.78, 5) is 14.5. The van der Waals surface area contributed by atoms with Gasteiger partial charge < -0.3 is 15.0 Å². The largest absolute Gasteiger partial charge is 0.417 e. The molecule has 2 rings (SSSR count). The number of rotatable bonds is 7. The minimum Gasteiger partial charge on any atom is -0.384 e. The molecule has 1 N–H and O–H groups in total. The number of nitrogens with zero attached hydrogens (tertiary/aromatic N) is 2. The fourth-order valence-corrected chi connectivity index (χ4v) is 3.62. The number of methoxy groups -OCH3 is 1. The number of amides is 1. The summed E-state index contributed by atoms with van der Waals surface area (Å²) < 4.78 is 45.0. The van der Waals surface area contributed by atoms with Crippen LogP contribution < -0.4 is 10.2 Å². The lowest BCUT2D eigenvalue weighted by atomic mass is 9.95. The monoisotopic (exact) mass is 397 g/mol. The van der Waals surface area contributed by atoms with Crippen LogP contribution in [0, 0.1) is 23.2 Å². The van der Waals surface area contributed by atoms with Crippen molar-refractivity contribution in [1.29, 1.82) is 5.26 Å². The van der Waals surface area contributed by atoms with Crippen molar-refractivity contribution in [3.05, 3.63) is 29.3 Å². The second-order valence-electron chi connectivity index (χ2n) is 7.09. The van der Waals surface area contributed by atoms with Crippen LogP contribution in [0.3, 0.4) is 0 Å². The predicted octanol–water partition coefficient (Wildman–Crippen LogP) is 3.58. The van der Waals surface area contributed by atoms with Crippen molar-refractivity contribution in [2.24, 2.45) is 11.8 Å². The van der Waals surface area contributed by atoms with E-state index in [0.717, 1.165) is 18.9 Å². The fourth-order valence-electron chi connectivity index (χ4n) is 3.62. The van der Waals surface area contributed by atoms with E-state index >= 15 is 0 Å². The van der Waals surface area contributed by atoms with Gasteiger partial charge in [-0.3, -0.25) is 4.79 Å². The number of hydrogen-bond donors (Lipinski definition) is 1. The Bertz CT molecular complexity index is 726. The van der Waals surface area contributed by atoms with Crippen LogP contribution in [0.15, 0.2) is 18.2 Å². The van der Waals surface area contributed by atoms with Crippen molar-refractivity contribution in [3.8, 4) is 6.07 Å². The first-order valence-corrected chi connectivity index (χ1v) is 9.40. The third-order valence-corrected chi connectivity index (χ3v) is 5.28. The summed E-state index contributed by atoms with van der Waals surface area (Å²) in [5.74, 6) is -0.585. The topological polar surface area (TPSA) is 65.4 Å². The standard InChI is InChI=1S/C20H26F3N3O2/c1-4-15(5-2)25-19(27)17-11-26(10-14(17)12-28-3)16-7-6-13(9-24)18(8-16)20(21,22)23/h6-8,14-15,17H,4-5,10-12H2,1-3H3,(H,25,27)/t14-,17+/m1/s1. The van der Waals surface area contributed by atoms with Gasteiger partial charge in [-0.15, -0.1) is 0 Å². The molecule has 1 saturated heterocycles. The second-order valence-corrected chi connectivity index (χ2v) is 7.09. The number of alkyl halides is 3. The normalized spacial score (nSPS) is 19.7. The van der Waals surface area contributed by atoms with Crippen LogP contribution in [0.5, 0.6) is 0 Å². The number of anilines is 1. The number of carbonyl (C=O) groups excluding carboxylic acids is 1. The molecule has 1 aromatic carbocycles. The maximum Gasteiger partial charge on any atom is 0.417 e. The molecule has 8 heteroatoms. The van der Waals surface area contributed by atoms with Crippen molar-refractivity contribution in [2.45, 2.75) is 38.9 Å². The Hall–Kier alpha value is -2.27. The highest BCUT2D eigenvalue weighted by atomic mass is 19.4. The molecule has 1 aliphatic rings. The first kappa shape index (κ1) is 22.0. The van der Waals surface area contributed by atoms with Crippen LogP contribution in [-0.2, 0) is 15.7 Å². The second kappa shape index (κ2) is 9.28. The maximum atomic E-state index is 13.3. The molecule has 0 aromatic heterocycles. The molecule has 1 fully saturated rings. The minimum atomic E-state index is -4.61. The van der Waals surface area contributed by atoms with E-state index in [1.807, 2.05) is 13.8 Å². The van der Waals surface area contributed by atoms with Crippen molar-refractivity contribution in [3.63, 3.8) is 0 Å². The molecule has 2 atom stereocenters. The van der Waals surface area contributed by atoms with Crippen molar-refractivity contribution < 1.29 is 22.7 Å². The summed E-state index contributed by atoms with van der Waals surface area (Å²) in [6, 6.07) is 5.34. The van der Waals surface area contributed by atoms with Gasteiger partial charge in [0.1, 0.15) is 0 Å². The lowest BCUT2D eigenvalue weighted by molar-refractivity contribution is -0.137. The Morgan fingerprint density at radius 3 is 2.57 bits per heavy atom. The molecule has 0 unspecified atom stereocenters. The fraction of sp³-hybridized carbons (Fsp3) is 0.600. The number of benzene rings is 1. The molecule has 28 heavy (non-hydrogen) atoms. The predicted molar refractivity (Wildman–Crippen MR) is 99.7 cm³/mol. The summed E-state index contributed by atoms with van der Waals surface area (Å²) in [5, 5.41) is 12.0. The molecular formula is C20H26F3N3O2. The molecule has 0 radical (unpaired) electrons. The zero-order valence-corrected chi connectivity index (χ0v) is 16.3. The van der Waals surface area contributed by atoms with Gasteiger partial charge in [-0.1, -0.05) is 13.8 Å². The molecular weight excluding hydrogens is 371 g/mol. The summed E-state index contributed by atoms with van der Waals surface area (Å²) >= 11 is 0. The average molecular weight is 397 g/mol. The van der Waals surface area contributed by atoms with Gasteiger partial charge in [-0.05, 0) is 31.0 Å². The summed E-state index contributed by atoms with van der Waals surface area (Å²) in [6.07, 6.45) is -2.98. The van der Waals surface area contributed by atoms with Crippen LogP contribution in [0.2, 0.25) is 0 Å². The number of nitriles is 1. The number of nitrogens with one attached hydrogen (secondary N) is 1. The number of ether oxygens (including phenoxy) is 1. The lowest BCUT2D eigenvalue weighted by Crippen LogP contribution is -2.41. The van der Waals surface area contributed by atoms with Gasteiger partial charge in [0.25, 0.3) is 0 Å². The molecule has 0 aliphatic carbocycles. The van der Waals surface area contributed by atoms with Gasteiger partial charge in [0.15, 0.2) is 0 Å². The molecule has 0 saturated carbocycles. The van der Waals surface area contributed by atoms with E-state index in [4.69, 9.17) is 10.00 Å². The highest BCUT2D eigenvalue weighted by Gasteiger charge is 2.39. The van der Waals surface area contributed by atoms with E-state index < -0.39 is 17.3 Å². The lowest BCUT2D eigenvalue weighted by Gasteiger charge is -2.22. The number of hydrogen-bond acceptors (Lipinski definition) is 4. The third kappa shape index (κ3) is 4.96. The zero-order valence-electron chi connectivity index (χ0n) is 16.3. The number of halogens is 3. The van der Waals surface area contributed by atoms with Crippen LogP contribution >= 0.6 is 0 Å². The number of carbonyl (C=O) groups is 1. The van der Waals surface area contributed by atoms with Crippen LogP contribution in [0.4, 0.5) is 18.9 Å². The van der Waals surface area contributed by atoms with E-state index in [9.17, 15) is 18.0 Å². The van der Waals surface area contributed by atoms with Crippen molar-refractivity contribution in [2.75, 3.05) is 31.7 Å². The van der Waals surface area contributed by atoms with Gasteiger partial charge in [0.2, 0.25) is 5.91 Å². The van der Waals surface area contributed by atoms with Gasteiger partial charge in [0.05, 0.1) is 29.7 Å².